The second-order valence-electron chi connectivity index (χ2n) is 6.64. The standard InChI is InChI=1S/C21H25N3O4/c1-27-18-11-10-17(13-19(18)28-2)22-20(25)15-7-6-12-24(14-15)21(26)23-16-8-4-3-5-9-16/h3-5,8-11,13,15H,6-7,12,14H2,1-2H3,(H,22,25)(H,23,26). The van der Waals surface area contributed by atoms with Gasteiger partial charge in [-0.1, -0.05) is 18.2 Å². The molecule has 0 spiro atoms. The lowest BCUT2D eigenvalue weighted by molar-refractivity contribution is -0.121. The predicted octanol–water partition coefficient (Wildman–Crippen LogP) is 3.59. The molecule has 2 aromatic carbocycles. The van der Waals surface area contributed by atoms with E-state index in [-0.39, 0.29) is 17.9 Å². The van der Waals surface area contributed by atoms with Crippen molar-refractivity contribution in [2.24, 2.45) is 5.92 Å². The van der Waals surface area contributed by atoms with Crippen molar-refractivity contribution in [3.8, 4) is 11.5 Å². The molecule has 0 saturated carbocycles. The topological polar surface area (TPSA) is 79.9 Å². The van der Waals surface area contributed by atoms with Crippen molar-refractivity contribution in [1.82, 2.24) is 4.90 Å². The first-order chi connectivity index (χ1) is 13.6. The quantitative estimate of drug-likeness (QED) is 0.827. The Bertz CT molecular complexity index is 826. The maximum Gasteiger partial charge on any atom is 0.321 e. The lowest BCUT2D eigenvalue weighted by Gasteiger charge is -2.32. The van der Waals surface area contributed by atoms with Gasteiger partial charge < -0.3 is 25.0 Å². The number of para-hydroxylation sites is 1. The Morgan fingerprint density at radius 1 is 0.964 bits per heavy atom. The molecule has 1 aliphatic rings. The zero-order chi connectivity index (χ0) is 19.9. The Morgan fingerprint density at radius 2 is 1.71 bits per heavy atom. The Hall–Kier alpha value is -3.22. The predicted molar refractivity (Wildman–Crippen MR) is 108 cm³/mol. The summed E-state index contributed by atoms with van der Waals surface area (Å²) in [5, 5.41) is 5.79. The van der Waals surface area contributed by atoms with Crippen molar-refractivity contribution < 1.29 is 19.1 Å². The van der Waals surface area contributed by atoms with E-state index in [1.165, 1.54) is 0 Å². The third-order valence-electron chi connectivity index (χ3n) is 4.76. The van der Waals surface area contributed by atoms with Gasteiger partial charge in [-0.25, -0.2) is 4.79 Å². The van der Waals surface area contributed by atoms with E-state index < -0.39 is 0 Å². The highest BCUT2D eigenvalue weighted by atomic mass is 16.5. The van der Waals surface area contributed by atoms with Crippen molar-refractivity contribution in [1.29, 1.82) is 0 Å². The average molecular weight is 383 g/mol. The molecule has 0 radical (unpaired) electrons. The number of likely N-dealkylation sites (tertiary alicyclic amines) is 1. The lowest BCUT2D eigenvalue weighted by atomic mass is 9.97. The normalized spacial score (nSPS) is 16.2. The number of ether oxygens (including phenoxy) is 2. The molecule has 3 amide bonds. The monoisotopic (exact) mass is 383 g/mol. The van der Waals surface area contributed by atoms with Gasteiger partial charge in [0.2, 0.25) is 5.91 Å². The van der Waals surface area contributed by atoms with E-state index >= 15 is 0 Å². The Balaban J connectivity index is 1.60. The first-order valence-corrected chi connectivity index (χ1v) is 9.24. The first-order valence-electron chi connectivity index (χ1n) is 9.24. The molecule has 28 heavy (non-hydrogen) atoms. The van der Waals surface area contributed by atoms with Crippen molar-refractivity contribution in [2.75, 3.05) is 37.9 Å². The number of anilines is 2. The molecule has 0 aromatic heterocycles. The van der Waals surface area contributed by atoms with Crippen LogP contribution in [0.25, 0.3) is 0 Å². The number of urea groups is 1. The van der Waals surface area contributed by atoms with Crippen LogP contribution in [0.3, 0.4) is 0 Å². The van der Waals surface area contributed by atoms with Gasteiger partial charge in [-0.15, -0.1) is 0 Å². The maximum atomic E-state index is 12.7. The van der Waals surface area contributed by atoms with Crippen LogP contribution in [-0.2, 0) is 4.79 Å². The van der Waals surface area contributed by atoms with Crippen molar-refractivity contribution in [2.45, 2.75) is 12.8 Å². The van der Waals surface area contributed by atoms with Crippen LogP contribution in [0, 0.1) is 5.92 Å². The molecule has 3 rings (SSSR count). The van der Waals surface area contributed by atoms with Crippen LogP contribution in [-0.4, -0.2) is 44.1 Å². The molecule has 1 unspecified atom stereocenters. The number of nitrogens with one attached hydrogen (secondary N) is 2. The van der Waals surface area contributed by atoms with E-state index in [0.717, 1.165) is 18.5 Å². The van der Waals surface area contributed by atoms with E-state index in [9.17, 15) is 9.59 Å². The fraction of sp³-hybridized carbons (Fsp3) is 0.333. The number of carbonyl (C=O) groups excluding carboxylic acids is 2. The molecular formula is C21H25N3O4. The molecule has 1 fully saturated rings. The van der Waals surface area contributed by atoms with Crippen LogP contribution in [0.1, 0.15) is 12.8 Å². The van der Waals surface area contributed by atoms with E-state index in [4.69, 9.17) is 9.47 Å². The number of amides is 3. The molecule has 1 atom stereocenters. The summed E-state index contributed by atoms with van der Waals surface area (Å²) in [6.07, 6.45) is 1.53. The highest BCUT2D eigenvalue weighted by Crippen LogP contribution is 2.30. The third-order valence-corrected chi connectivity index (χ3v) is 4.76. The second kappa shape index (κ2) is 9.12. The van der Waals surface area contributed by atoms with Gasteiger partial charge in [0.05, 0.1) is 20.1 Å². The van der Waals surface area contributed by atoms with Crippen LogP contribution >= 0.6 is 0 Å². The van der Waals surface area contributed by atoms with Crippen LogP contribution in [0.15, 0.2) is 48.5 Å². The van der Waals surface area contributed by atoms with Crippen LogP contribution in [0.4, 0.5) is 16.2 Å². The molecule has 0 bridgehead atoms. The maximum absolute atomic E-state index is 12.7. The number of rotatable bonds is 5. The molecule has 2 N–H and O–H groups in total. The van der Waals surface area contributed by atoms with Crippen molar-refractivity contribution >= 4 is 23.3 Å². The Kier molecular flexibility index (Phi) is 6.37. The summed E-state index contributed by atoms with van der Waals surface area (Å²) in [4.78, 5) is 26.9. The fourth-order valence-corrected chi connectivity index (χ4v) is 3.26. The highest BCUT2D eigenvalue weighted by molar-refractivity contribution is 5.94. The zero-order valence-electron chi connectivity index (χ0n) is 16.1. The number of carbonyl (C=O) groups is 2. The Labute approximate surface area is 164 Å². The number of hydrogen-bond acceptors (Lipinski definition) is 4. The van der Waals surface area contributed by atoms with Gasteiger partial charge in [0.1, 0.15) is 0 Å². The smallest absolute Gasteiger partial charge is 0.321 e. The van der Waals surface area contributed by atoms with Gasteiger partial charge in [0.15, 0.2) is 11.5 Å². The summed E-state index contributed by atoms with van der Waals surface area (Å²) in [6.45, 7) is 1.02. The van der Waals surface area contributed by atoms with Crippen molar-refractivity contribution in [3.63, 3.8) is 0 Å². The number of benzene rings is 2. The van der Waals surface area contributed by atoms with E-state index in [0.29, 0.717) is 30.3 Å². The molecule has 7 nitrogen and oxygen atoms in total. The molecule has 1 saturated heterocycles. The van der Waals surface area contributed by atoms with Crippen LogP contribution in [0.5, 0.6) is 11.5 Å². The van der Waals surface area contributed by atoms with Crippen molar-refractivity contribution in [3.05, 3.63) is 48.5 Å². The minimum atomic E-state index is -0.261. The molecule has 148 valence electrons. The third kappa shape index (κ3) is 4.73. The number of hydrogen-bond donors (Lipinski definition) is 2. The summed E-state index contributed by atoms with van der Waals surface area (Å²) >= 11 is 0. The lowest BCUT2D eigenvalue weighted by Crippen LogP contribution is -2.45. The van der Waals surface area contributed by atoms with Crippen LogP contribution in [0.2, 0.25) is 0 Å². The first kappa shape index (κ1) is 19.5. The molecule has 1 aliphatic heterocycles. The zero-order valence-corrected chi connectivity index (χ0v) is 16.1. The summed E-state index contributed by atoms with van der Waals surface area (Å²) < 4.78 is 10.5. The highest BCUT2D eigenvalue weighted by Gasteiger charge is 2.28. The van der Waals surface area contributed by atoms with Gasteiger partial charge in [0.25, 0.3) is 0 Å². The van der Waals surface area contributed by atoms with E-state index in [2.05, 4.69) is 10.6 Å². The van der Waals surface area contributed by atoms with Gasteiger partial charge in [0, 0.05) is 30.5 Å². The molecule has 7 heteroatoms. The molecular weight excluding hydrogens is 358 g/mol. The van der Waals surface area contributed by atoms with Gasteiger partial charge in [-0.3, -0.25) is 4.79 Å². The summed E-state index contributed by atoms with van der Waals surface area (Å²) in [7, 11) is 3.11. The molecule has 2 aromatic rings. The number of piperidine rings is 1. The van der Waals surface area contributed by atoms with Gasteiger partial charge in [-0.05, 0) is 37.1 Å². The number of methoxy groups -OCH3 is 2. The van der Waals surface area contributed by atoms with E-state index in [1.54, 1.807) is 37.3 Å². The molecule has 0 aliphatic carbocycles. The van der Waals surface area contributed by atoms with Gasteiger partial charge in [-0.2, -0.15) is 0 Å². The number of nitrogens with zero attached hydrogens (tertiary/aromatic N) is 1. The largest absolute Gasteiger partial charge is 0.493 e. The minimum Gasteiger partial charge on any atom is -0.493 e. The minimum absolute atomic E-state index is 0.107. The summed E-state index contributed by atoms with van der Waals surface area (Å²) in [6, 6.07) is 14.3. The second-order valence-corrected chi connectivity index (χ2v) is 6.64. The fourth-order valence-electron chi connectivity index (χ4n) is 3.26. The molecule has 1 heterocycles. The summed E-state index contributed by atoms with van der Waals surface area (Å²) in [5.41, 5.74) is 1.37. The average Bonchev–Trinajstić information content (AvgIpc) is 2.74. The summed E-state index contributed by atoms with van der Waals surface area (Å²) in [5.74, 6) is 0.780. The SMILES string of the molecule is COc1ccc(NC(=O)C2CCCN(C(=O)Nc3ccccc3)C2)cc1OC. The van der Waals surface area contributed by atoms with Gasteiger partial charge >= 0.3 is 6.03 Å². The Morgan fingerprint density at radius 3 is 2.43 bits per heavy atom. The van der Waals surface area contributed by atoms with Crippen LogP contribution < -0.4 is 20.1 Å². The van der Waals surface area contributed by atoms with E-state index in [1.807, 2.05) is 30.3 Å².